The SMILES string of the molecule is CC[C@@H](CC(=O)O)c1cccc(OCc2ccc(-c3cc(OC)ncc3F)c([C@@H]3CCCC3(C)C)c2)c1F. The van der Waals surface area contributed by atoms with Crippen molar-refractivity contribution >= 4 is 5.97 Å². The highest BCUT2D eigenvalue weighted by Crippen LogP contribution is 2.51. The Morgan fingerprint density at radius 3 is 2.63 bits per heavy atom. The second kappa shape index (κ2) is 11.5. The van der Waals surface area contributed by atoms with E-state index in [4.69, 9.17) is 9.47 Å². The lowest BCUT2D eigenvalue weighted by molar-refractivity contribution is -0.137. The van der Waals surface area contributed by atoms with Crippen LogP contribution in [0.25, 0.3) is 11.1 Å². The van der Waals surface area contributed by atoms with Crippen LogP contribution in [0.15, 0.2) is 48.7 Å². The molecule has 2 atom stereocenters. The molecule has 4 rings (SSSR count). The van der Waals surface area contributed by atoms with Crippen molar-refractivity contribution in [3.8, 4) is 22.8 Å². The van der Waals surface area contributed by atoms with E-state index in [-0.39, 0.29) is 30.1 Å². The first-order chi connectivity index (χ1) is 18.1. The number of benzene rings is 2. The Morgan fingerprint density at radius 1 is 1.18 bits per heavy atom. The molecular formula is C31H35F2NO4. The first-order valence-corrected chi connectivity index (χ1v) is 13.1. The van der Waals surface area contributed by atoms with Gasteiger partial charge in [-0.15, -0.1) is 0 Å². The van der Waals surface area contributed by atoms with Crippen LogP contribution in [0.3, 0.4) is 0 Å². The third-order valence-corrected chi connectivity index (χ3v) is 7.82. The summed E-state index contributed by atoms with van der Waals surface area (Å²) in [5.41, 5.74) is 3.49. The molecule has 5 nitrogen and oxygen atoms in total. The van der Waals surface area contributed by atoms with Crippen molar-refractivity contribution in [3.05, 3.63) is 77.0 Å². The highest BCUT2D eigenvalue weighted by molar-refractivity contribution is 5.70. The molecule has 1 heterocycles. The maximum atomic E-state index is 15.3. The summed E-state index contributed by atoms with van der Waals surface area (Å²) in [6.07, 6.45) is 4.70. The zero-order chi connectivity index (χ0) is 27.4. The summed E-state index contributed by atoms with van der Waals surface area (Å²) in [5, 5.41) is 9.20. The predicted molar refractivity (Wildman–Crippen MR) is 143 cm³/mol. The predicted octanol–water partition coefficient (Wildman–Crippen LogP) is 7.88. The fourth-order valence-electron chi connectivity index (χ4n) is 5.68. The molecule has 1 aliphatic carbocycles. The van der Waals surface area contributed by atoms with Crippen molar-refractivity contribution < 1.29 is 28.2 Å². The van der Waals surface area contributed by atoms with Crippen molar-refractivity contribution in [1.29, 1.82) is 0 Å². The van der Waals surface area contributed by atoms with E-state index < -0.39 is 23.5 Å². The summed E-state index contributed by atoms with van der Waals surface area (Å²) >= 11 is 0. The lowest BCUT2D eigenvalue weighted by Crippen LogP contribution is -2.17. The third-order valence-electron chi connectivity index (χ3n) is 7.82. The van der Waals surface area contributed by atoms with E-state index in [1.807, 2.05) is 25.1 Å². The van der Waals surface area contributed by atoms with E-state index in [9.17, 15) is 14.3 Å². The van der Waals surface area contributed by atoms with E-state index in [1.54, 1.807) is 24.3 Å². The van der Waals surface area contributed by atoms with Crippen LogP contribution in [0.5, 0.6) is 11.6 Å². The van der Waals surface area contributed by atoms with Crippen molar-refractivity contribution in [2.75, 3.05) is 7.11 Å². The van der Waals surface area contributed by atoms with Gasteiger partial charge < -0.3 is 14.6 Å². The molecule has 1 aromatic heterocycles. The van der Waals surface area contributed by atoms with Crippen LogP contribution in [-0.4, -0.2) is 23.2 Å². The van der Waals surface area contributed by atoms with E-state index in [1.165, 1.54) is 13.3 Å². The fourth-order valence-corrected chi connectivity index (χ4v) is 5.68. The molecule has 0 amide bonds. The Labute approximate surface area is 222 Å². The fraction of sp³-hybridized carbons (Fsp3) is 0.419. The molecule has 7 heteroatoms. The van der Waals surface area contributed by atoms with Crippen LogP contribution in [-0.2, 0) is 11.4 Å². The largest absolute Gasteiger partial charge is 0.486 e. The molecule has 1 fully saturated rings. The van der Waals surface area contributed by atoms with E-state index >= 15 is 4.39 Å². The van der Waals surface area contributed by atoms with Gasteiger partial charge in [0.05, 0.1) is 19.7 Å². The van der Waals surface area contributed by atoms with Gasteiger partial charge in [-0.2, -0.15) is 0 Å². The average Bonchev–Trinajstić information content (AvgIpc) is 3.25. The van der Waals surface area contributed by atoms with Gasteiger partial charge in [0.2, 0.25) is 5.88 Å². The molecule has 38 heavy (non-hydrogen) atoms. The number of carbonyl (C=O) groups is 1. The summed E-state index contributed by atoms with van der Waals surface area (Å²) in [5.74, 6) is -1.69. The summed E-state index contributed by atoms with van der Waals surface area (Å²) in [6.45, 7) is 6.45. The maximum absolute atomic E-state index is 15.3. The van der Waals surface area contributed by atoms with Crippen molar-refractivity contribution in [2.45, 2.75) is 71.3 Å². The molecular weight excluding hydrogens is 488 g/mol. The highest BCUT2D eigenvalue weighted by atomic mass is 19.1. The summed E-state index contributed by atoms with van der Waals surface area (Å²) in [4.78, 5) is 15.2. The van der Waals surface area contributed by atoms with Crippen LogP contribution in [0, 0.1) is 17.0 Å². The monoisotopic (exact) mass is 523 g/mol. The first-order valence-electron chi connectivity index (χ1n) is 13.1. The molecule has 0 spiro atoms. The smallest absolute Gasteiger partial charge is 0.303 e. The van der Waals surface area contributed by atoms with Crippen LogP contribution in [0.2, 0.25) is 0 Å². The number of hydrogen-bond acceptors (Lipinski definition) is 4. The minimum Gasteiger partial charge on any atom is -0.486 e. The number of rotatable bonds is 10. The second-order valence-electron chi connectivity index (χ2n) is 10.7. The summed E-state index contributed by atoms with van der Waals surface area (Å²) < 4.78 is 41.4. The number of carboxylic acids is 1. The molecule has 2 aromatic carbocycles. The number of aliphatic carboxylic acids is 1. The summed E-state index contributed by atoms with van der Waals surface area (Å²) in [6, 6.07) is 12.3. The number of methoxy groups -OCH3 is 1. The number of nitrogens with zero attached hydrogens (tertiary/aromatic N) is 1. The van der Waals surface area contributed by atoms with Gasteiger partial charge in [0.25, 0.3) is 0 Å². The molecule has 3 aromatic rings. The van der Waals surface area contributed by atoms with Crippen molar-refractivity contribution in [2.24, 2.45) is 5.41 Å². The standard InChI is InChI=1S/C31H35F2NO4/c1-5-20(15-29(35)36)21-8-6-10-27(30(21)33)38-18-19-11-12-22(24-16-28(37-4)34-17-26(24)32)23(14-19)25-9-7-13-31(25,2)3/h6,8,10-12,14,16-17,20,25H,5,7,9,13,15,18H2,1-4H3,(H,35,36)/t20-,25-/m0/s1. The molecule has 1 aliphatic rings. The quantitative estimate of drug-likeness (QED) is 0.293. The number of carboxylic acid groups (broad SMARTS) is 1. The normalized spacial score (nSPS) is 17.3. The zero-order valence-corrected chi connectivity index (χ0v) is 22.4. The summed E-state index contributed by atoms with van der Waals surface area (Å²) in [7, 11) is 1.50. The van der Waals surface area contributed by atoms with Crippen LogP contribution in [0.4, 0.5) is 8.78 Å². The third kappa shape index (κ3) is 5.82. The molecule has 0 aliphatic heterocycles. The average molecular weight is 524 g/mol. The van der Waals surface area contributed by atoms with Crippen LogP contribution in [0.1, 0.15) is 81.4 Å². The molecule has 0 radical (unpaired) electrons. The van der Waals surface area contributed by atoms with Gasteiger partial charge >= 0.3 is 5.97 Å². The minimum absolute atomic E-state index is 0.0432. The molecule has 202 valence electrons. The maximum Gasteiger partial charge on any atom is 0.303 e. The van der Waals surface area contributed by atoms with Gasteiger partial charge in [0.1, 0.15) is 12.4 Å². The van der Waals surface area contributed by atoms with Gasteiger partial charge in [0, 0.05) is 11.6 Å². The van der Waals surface area contributed by atoms with E-state index in [2.05, 4.69) is 18.8 Å². The first kappa shape index (κ1) is 27.6. The number of ether oxygens (including phenoxy) is 2. The van der Waals surface area contributed by atoms with Crippen molar-refractivity contribution in [3.63, 3.8) is 0 Å². The Hall–Kier alpha value is -3.48. The van der Waals surface area contributed by atoms with Gasteiger partial charge in [-0.3, -0.25) is 4.79 Å². The number of halogens is 2. The zero-order valence-electron chi connectivity index (χ0n) is 22.4. The topological polar surface area (TPSA) is 68.7 Å². The minimum atomic E-state index is -0.965. The van der Waals surface area contributed by atoms with Gasteiger partial charge in [-0.05, 0) is 64.8 Å². The molecule has 1 N–H and O–H groups in total. The van der Waals surface area contributed by atoms with Gasteiger partial charge in [-0.25, -0.2) is 13.8 Å². The van der Waals surface area contributed by atoms with E-state index in [0.29, 0.717) is 23.4 Å². The second-order valence-corrected chi connectivity index (χ2v) is 10.7. The molecule has 1 saturated carbocycles. The number of hydrogen-bond donors (Lipinski definition) is 1. The molecule has 0 unspecified atom stereocenters. The van der Waals surface area contributed by atoms with Crippen LogP contribution >= 0.6 is 0 Å². The lowest BCUT2D eigenvalue weighted by Gasteiger charge is -2.30. The molecule has 0 bridgehead atoms. The Bertz CT molecular complexity index is 1310. The van der Waals surface area contributed by atoms with Crippen LogP contribution < -0.4 is 9.47 Å². The Kier molecular flexibility index (Phi) is 8.34. The molecule has 0 saturated heterocycles. The number of aromatic nitrogens is 1. The van der Waals surface area contributed by atoms with E-state index in [0.717, 1.165) is 36.0 Å². The van der Waals surface area contributed by atoms with Gasteiger partial charge in [-0.1, -0.05) is 57.5 Å². The number of pyridine rings is 1. The lowest BCUT2D eigenvalue weighted by atomic mass is 9.75. The highest BCUT2D eigenvalue weighted by Gasteiger charge is 2.37. The van der Waals surface area contributed by atoms with Gasteiger partial charge in [0.15, 0.2) is 11.6 Å². The van der Waals surface area contributed by atoms with Crippen molar-refractivity contribution in [1.82, 2.24) is 4.98 Å². The Morgan fingerprint density at radius 2 is 1.97 bits per heavy atom. The Balaban J connectivity index is 1.67.